The summed E-state index contributed by atoms with van der Waals surface area (Å²) in [6, 6.07) is 0. The van der Waals surface area contributed by atoms with Crippen molar-refractivity contribution in [1.82, 2.24) is 0 Å². The smallest absolute Gasteiger partial charge is 0.100 e. The summed E-state index contributed by atoms with van der Waals surface area (Å²) >= 11 is 0. The molecule has 1 unspecified atom stereocenters. The van der Waals surface area contributed by atoms with Crippen molar-refractivity contribution in [1.29, 1.82) is 0 Å². The second kappa shape index (κ2) is 7.94. The molecule has 2 N–H and O–H groups in total. The molecule has 4 heteroatoms. The summed E-state index contributed by atoms with van der Waals surface area (Å²) < 4.78 is 4.94. The van der Waals surface area contributed by atoms with E-state index in [4.69, 9.17) is 14.9 Å². The lowest BCUT2D eigenvalue weighted by atomic mass is 10.3. The van der Waals surface area contributed by atoms with E-state index in [9.17, 15) is 5.11 Å². The number of rotatable bonds is 7. The summed E-state index contributed by atoms with van der Waals surface area (Å²) in [7, 11) is 0. The first-order valence-corrected chi connectivity index (χ1v) is 3.76. The fourth-order valence-corrected chi connectivity index (χ4v) is 0.578. The molecular formula is C7H15O4. The SMILES string of the molecule is [O]CCCCOCC(O)CO. The summed E-state index contributed by atoms with van der Waals surface area (Å²) in [4.78, 5) is 0. The maximum absolute atomic E-state index is 9.94. The molecule has 0 bridgehead atoms. The molecule has 11 heavy (non-hydrogen) atoms. The second-order valence-corrected chi connectivity index (χ2v) is 2.32. The van der Waals surface area contributed by atoms with Gasteiger partial charge >= 0.3 is 0 Å². The predicted octanol–water partition coefficient (Wildman–Crippen LogP) is -0.433. The number of hydrogen-bond acceptors (Lipinski definition) is 3. The molecule has 0 fully saturated rings. The summed E-state index contributed by atoms with van der Waals surface area (Å²) in [6.45, 7) is 0.280. The van der Waals surface area contributed by atoms with Gasteiger partial charge in [-0.25, -0.2) is 5.11 Å². The van der Waals surface area contributed by atoms with Crippen molar-refractivity contribution in [2.24, 2.45) is 0 Å². The summed E-state index contributed by atoms with van der Waals surface area (Å²) in [6.07, 6.45) is 0.541. The Morgan fingerprint density at radius 2 is 2.09 bits per heavy atom. The van der Waals surface area contributed by atoms with Crippen LogP contribution in [0, 0.1) is 0 Å². The van der Waals surface area contributed by atoms with E-state index >= 15 is 0 Å². The van der Waals surface area contributed by atoms with Crippen LogP contribution in [0.25, 0.3) is 0 Å². The van der Waals surface area contributed by atoms with Crippen LogP contribution in [0.4, 0.5) is 0 Å². The lowest BCUT2D eigenvalue weighted by Gasteiger charge is -2.06. The molecular weight excluding hydrogens is 148 g/mol. The molecule has 0 rings (SSSR count). The minimum Gasteiger partial charge on any atom is -0.394 e. The Kier molecular flexibility index (Phi) is 7.83. The monoisotopic (exact) mass is 163 g/mol. The molecule has 0 aliphatic rings. The number of unbranched alkanes of at least 4 members (excludes halogenated alkanes) is 1. The molecule has 0 aromatic rings. The van der Waals surface area contributed by atoms with Crippen LogP contribution in [0.1, 0.15) is 12.8 Å². The van der Waals surface area contributed by atoms with Gasteiger partial charge in [-0.1, -0.05) is 0 Å². The zero-order chi connectivity index (χ0) is 8.53. The van der Waals surface area contributed by atoms with Gasteiger partial charge in [-0.05, 0) is 12.8 Å². The third-order valence-electron chi connectivity index (χ3n) is 1.20. The zero-order valence-electron chi connectivity index (χ0n) is 6.53. The van der Waals surface area contributed by atoms with Gasteiger partial charge in [0.15, 0.2) is 0 Å². The lowest BCUT2D eigenvalue weighted by Crippen LogP contribution is -2.19. The Labute approximate surface area is 66.4 Å². The van der Waals surface area contributed by atoms with Crippen LogP contribution < -0.4 is 0 Å². The first-order chi connectivity index (χ1) is 5.31. The highest BCUT2D eigenvalue weighted by Crippen LogP contribution is 1.90. The highest BCUT2D eigenvalue weighted by atomic mass is 16.5. The van der Waals surface area contributed by atoms with Crippen molar-refractivity contribution in [3.05, 3.63) is 0 Å². The van der Waals surface area contributed by atoms with E-state index < -0.39 is 6.10 Å². The van der Waals surface area contributed by atoms with Crippen molar-refractivity contribution in [3.8, 4) is 0 Å². The highest BCUT2D eigenvalue weighted by Gasteiger charge is 1.99. The van der Waals surface area contributed by atoms with Gasteiger partial charge in [0.2, 0.25) is 0 Å². The van der Waals surface area contributed by atoms with Gasteiger partial charge in [0, 0.05) is 6.61 Å². The van der Waals surface area contributed by atoms with E-state index in [1.165, 1.54) is 0 Å². The van der Waals surface area contributed by atoms with Crippen molar-refractivity contribution in [2.45, 2.75) is 18.9 Å². The first kappa shape index (κ1) is 10.8. The average Bonchev–Trinajstić information content (AvgIpc) is 2.04. The topological polar surface area (TPSA) is 69.6 Å². The van der Waals surface area contributed by atoms with Crippen molar-refractivity contribution in [2.75, 3.05) is 26.4 Å². The van der Waals surface area contributed by atoms with E-state index in [2.05, 4.69) is 0 Å². The van der Waals surface area contributed by atoms with Crippen LogP contribution in [0.3, 0.4) is 0 Å². The van der Waals surface area contributed by atoms with E-state index in [0.29, 0.717) is 13.0 Å². The Morgan fingerprint density at radius 3 is 2.64 bits per heavy atom. The molecule has 0 aromatic heterocycles. The molecule has 0 saturated heterocycles. The quantitative estimate of drug-likeness (QED) is 0.500. The van der Waals surface area contributed by atoms with Crippen LogP contribution in [0.5, 0.6) is 0 Å². The second-order valence-electron chi connectivity index (χ2n) is 2.32. The molecule has 0 amide bonds. The van der Waals surface area contributed by atoms with Crippen molar-refractivity contribution in [3.63, 3.8) is 0 Å². The first-order valence-electron chi connectivity index (χ1n) is 3.76. The minimum absolute atomic E-state index is 0.0775. The van der Waals surface area contributed by atoms with Gasteiger partial charge in [-0.3, -0.25) is 0 Å². The van der Waals surface area contributed by atoms with E-state index in [1.807, 2.05) is 0 Å². The average molecular weight is 163 g/mol. The Balaban J connectivity index is 2.89. The molecule has 0 heterocycles. The van der Waals surface area contributed by atoms with E-state index in [0.717, 1.165) is 6.42 Å². The van der Waals surface area contributed by atoms with Gasteiger partial charge < -0.3 is 14.9 Å². The maximum Gasteiger partial charge on any atom is 0.100 e. The number of ether oxygens (including phenoxy) is 1. The molecule has 1 atom stereocenters. The van der Waals surface area contributed by atoms with Gasteiger partial charge in [0.1, 0.15) is 6.10 Å². The van der Waals surface area contributed by atoms with E-state index in [1.54, 1.807) is 0 Å². The molecule has 4 nitrogen and oxygen atoms in total. The number of hydrogen-bond donors (Lipinski definition) is 2. The van der Waals surface area contributed by atoms with Crippen LogP contribution in [0.2, 0.25) is 0 Å². The molecule has 0 aliphatic heterocycles. The third kappa shape index (κ3) is 7.74. The van der Waals surface area contributed by atoms with Crippen molar-refractivity contribution >= 4 is 0 Å². The maximum atomic E-state index is 9.94. The summed E-state index contributed by atoms with van der Waals surface area (Å²) in [5.74, 6) is 0. The van der Waals surface area contributed by atoms with Gasteiger partial charge in [0.25, 0.3) is 0 Å². The van der Waals surface area contributed by atoms with Crippen molar-refractivity contribution < 1.29 is 20.1 Å². The standard InChI is InChI=1S/C7H15O4/c8-3-1-2-4-11-6-7(10)5-9/h7,9-10H,1-6H2. The molecule has 0 aliphatic carbocycles. The third-order valence-corrected chi connectivity index (χ3v) is 1.20. The zero-order valence-corrected chi connectivity index (χ0v) is 6.53. The summed E-state index contributed by atoms with van der Waals surface area (Å²) in [5.41, 5.74) is 0. The number of aliphatic hydroxyl groups is 2. The van der Waals surface area contributed by atoms with Gasteiger partial charge in [0.05, 0.1) is 19.8 Å². The fraction of sp³-hybridized carbons (Fsp3) is 1.00. The molecule has 0 aromatic carbocycles. The largest absolute Gasteiger partial charge is 0.394 e. The normalized spacial score (nSPS) is 13.4. The lowest BCUT2D eigenvalue weighted by molar-refractivity contribution is 0.00410. The van der Waals surface area contributed by atoms with Crippen LogP contribution in [-0.4, -0.2) is 42.7 Å². The van der Waals surface area contributed by atoms with Gasteiger partial charge in [-0.2, -0.15) is 0 Å². The molecule has 67 valence electrons. The van der Waals surface area contributed by atoms with Gasteiger partial charge in [-0.15, -0.1) is 0 Å². The highest BCUT2D eigenvalue weighted by molar-refractivity contribution is 4.48. The predicted molar refractivity (Wildman–Crippen MR) is 38.7 cm³/mol. The number of aliphatic hydroxyl groups excluding tert-OH is 2. The molecule has 1 radical (unpaired) electrons. The minimum atomic E-state index is -0.790. The Bertz CT molecular complexity index is 76.8. The Hall–Kier alpha value is -0.160. The van der Waals surface area contributed by atoms with Crippen LogP contribution in [0.15, 0.2) is 0 Å². The van der Waals surface area contributed by atoms with Crippen LogP contribution >= 0.6 is 0 Å². The summed E-state index contributed by atoms with van der Waals surface area (Å²) in [5, 5.41) is 27.1. The fourth-order valence-electron chi connectivity index (χ4n) is 0.578. The molecule has 0 spiro atoms. The van der Waals surface area contributed by atoms with E-state index in [-0.39, 0.29) is 19.8 Å². The molecule has 0 saturated carbocycles. The Morgan fingerprint density at radius 1 is 1.36 bits per heavy atom. The van der Waals surface area contributed by atoms with Crippen LogP contribution in [-0.2, 0) is 9.84 Å².